The molecule has 2 aliphatic rings. The van der Waals surface area contributed by atoms with Crippen LogP contribution in [-0.2, 0) is 9.59 Å². The number of hydrogen-bond donors (Lipinski definition) is 1. The molecular formula is C17H23N3O2S. The van der Waals surface area contributed by atoms with Crippen molar-refractivity contribution in [2.45, 2.75) is 24.8 Å². The topological polar surface area (TPSA) is 52.7 Å². The lowest BCUT2D eigenvalue weighted by Gasteiger charge is -2.49. The van der Waals surface area contributed by atoms with E-state index in [1.54, 1.807) is 4.90 Å². The molecule has 0 saturated carbocycles. The van der Waals surface area contributed by atoms with E-state index in [1.807, 2.05) is 55.0 Å². The Labute approximate surface area is 141 Å². The molecule has 2 fully saturated rings. The zero-order valence-corrected chi connectivity index (χ0v) is 14.5. The minimum absolute atomic E-state index is 0.0385. The van der Waals surface area contributed by atoms with Gasteiger partial charge in [0, 0.05) is 38.4 Å². The van der Waals surface area contributed by atoms with E-state index in [9.17, 15) is 9.59 Å². The highest BCUT2D eigenvalue weighted by Gasteiger charge is 2.50. The summed E-state index contributed by atoms with van der Waals surface area (Å²) < 4.78 is 0. The molecule has 3 rings (SSSR count). The molecule has 2 amide bonds. The van der Waals surface area contributed by atoms with Gasteiger partial charge in [-0.1, -0.05) is 0 Å². The van der Waals surface area contributed by atoms with Gasteiger partial charge >= 0.3 is 0 Å². The molecule has 2 heterocycles. The van der Waals surface area contributed by atoms with Gasteiger partial charge in [0.2, 0.25) is 11.8 Å². The summed E-state index contributed by atoms with van der Waals surface area (Å²) in [5.41, 5.74) is 1.22. The molecule has 0 aliphatic carbocycles. The van der Waals surface area contributed by atoms with E-state index in [1.165, 1.54) is 0 Å². The van der Waals surface area contributed by atoms with E-state index in [0.717, 1.165) is 35.7 Å². The number of nitrogens with zero attached hydrogens (tertiary/aromatic N) is 2. The summed E-state index contributed by atoms with van der Waals surface area (Å²) >= 11 is 1.86. The maximum absolute atomic E-state index is 13.0. The minimum Gasteiger partial charge on any atom is -0.378 e. The van der Waals surface area contributed by atoms with Crippen LogP contribution in [-0.4, -0.2) is 54.4 Å². The molecule has 1 aromatic rings. The Kier molecular flexibility index (Phi) is 4.53. The van der Waals surface area contributed by atoms with Crippen LogP contribution in [0.2, 0.25) is 0 Å². The summed E-state index contributed by atoms with van der Waals surface area (Å²) in [5.74, 6) is 1.92. The lowest BCUT2D eigenvalue weighted by molar-refractivity contribution is -0.155. The SMILES string of the molecule is CN(C)c1ccc(NC(=O)C2(N3CCC3=O)CCSCC2)cc1. The van der Waals surface area contributed by atoms with Gasteiger partial charge in [-0.3, -0.25) is 9.59 Å². The minimum atomic E-state index is -0.652. The van der Waals surface area contributed by atoms with E-state index < -0.39 is 5.54 Å². The zero-order chi connectivity index (χ0) is 16.4. The van der Waals surface area contributed by atoms with E-state index in [-0.39, 0.29) is 11.8 Å². The van der Waals surface area contributed by atoms with Crippen LogP contribution in [0.25, 0.3) is 0 Å². The van der Waals surface area contributed by atoms with Crippen molar-refractivity contribution >= 4 is 35.0 Å². The van der Waals surface area contributed by atoms with E-state index in [4.69, 9.17) is 0 Å². The van der Waals surface area contributed by atoms with Crippen molar-refractivity contribution in [3.63, 3.8) is 0 Å². The third-order valence-electron chi connectivity index (χ3n) is 4.75. The quantitative estimate of drug-likeness (QED) is 0.858. The number of thioether (sulfide) groups is 1. The fourth-order valence-corrected chi connectivity index (χ4v) is 4.35. The predicted octanol–water partition coefficient (Wildman–Crippen LogP) is 2.19. The van der Waals surface area contributed by atoms with Crippen LogP contribution in [0.5, 0.6) is 0 Å². The first-order valence-electron chi connectivity index (χ1n) is 8.00. The van der Waals surface area contributed by atoms with E-state index in [2.05, 4.69) is 5.32 Å². The third kappa shape index (κ3) is 3.04. The molecule has 0 spiro atoms. The number of likely N-dealkylation sites (tertiary alicyclic amines) is 1. The predicted molar refractivity (Wildman–Crippen MR) is 95.0 cm³/mol. The molecule has 23 heavy (non-hydrogen) atoms. The number of benzene rings is 1. The summed E-state index contributed by atoms with van der Waals surface area (Å²) in [6, 6.07) is 7.79. The second-order valence-electron chi connectivity index (χ2n) is 6.33. The second-order valence-corrected chi connectivity index (χ2v) is 7.56. The summed E-state index contributed by atoms with van der Waals surface area (Å²) in [5, 5.41) is 3.03. The van der Waals surface area contributed by atoms with Crippen molar-refractivity contribution in [3.8, 4) is 0 Å². The largest absolute Gasteiger partial charge is 0.378 e. The van der Waals surface area contributed by atoms with E-state index >= 15 is 0 Å². The summed E-state index contributed by atoms with van der Waals surface area (Å²) in [4.78, 5) is 28.7. The molecule has 0 unspecified atom stereocenters. The molecule has 1 aromatic carbocycles. The average Bonchev–Trinajstić information content (AvgIpc) is 2.54. The van der Waals surface area contributed by atoms with Gasteiger partial charge in [-0.15, -0.1) is 0 Å². The maximum atomic E-state index is 13.0. The van der Waals surface area contributed by atoms with Crippen LogP contribution in [0.15, 0.2) is 24.3 Å². The number of carbonyl (C=O) groups excluding carboxylic acids is 2. The highest BCUT2D eigenvalue weighted by atomic mass is 32.2. The number of carbonyl (C=O) groups is 2. The monoisotopic (exact) mass is 333 g/mol. The van der Waals surface area contributed by atoms with Crippen LogP contribution >= 0.6 is 11.8 Å². The molecule has 0 aromatic heterocycles. The molecule has 0 radical (unpaired) electrons. The first kappa shape index (κ1) is 16.2. The van der Waals surface area contributed by atoms with Crippen molar-refractivity contribution in [1.29, 1.82) is 0 Å². The molecule has 124 valence electrons. The highest BCUT2D eigenvalue weighted by Crippen LogP contribution is 2.37. The molecular weight excluding hydrogens is 310 g/mol. The van der Waals surface area contributed by atoms with Gasteiger partial charge in [-0.05, 0) is 48.6 Å². The Hall–Kier alpha value is -1.69. The highest BCUT2D eigenvalue weighted by molar-refractivity contribution is 7.99. The Balaban J connectivity index is 1.77. The average molecular weight is 333 g/mol. The van der Waals surface area contributed by atoms with Crippen LogP contribution in [0.1, 0.15) is 19.3 Å². The van der Waals surface area contributed by atoms with Gasteiger partial charge < -0.3 is 15.1 Å². The van der Waals surface area contributed by atoms with Crippen LogP contribution in [0.3, 0.4) is 0 Å². The molecule has 2 saturated heterocycles. The molecule has 6 heteroatoms. The first-order chi connectivity index (χ1) is 11.0. The number of rotatable bonds is 4. The molecule has 0 atom stereocenters. The Morgan fingerprint density at radius 3 is 2.35 bits per heavy atom. The molecule has 1 N–H and O–H groups in total. The number of nitrogens with one attached hydrogen (secondary N) is 1. The summed E-state index contributed by atoms with van der Waals surface area (Å²) in [6.45, 7) is 0.705. The standard InChI is InChI=1S/C17H23N3O2S/c1-19(2)14-5-3-13(4-6-14)18-16(22)17(8-11-23-12-9-17)20-10-7-15(20)21/h3-6H,7-12H2,1-2H3,(H,18,22). The molecule has 0 bridgehead atoms. The van der Waals surface area contributed by atoms with Crippen molar-refractivity contribution in [2.75, 3.05) is 42.4 Å². The van der Waals surface area contributed by atoms with Gasteiger partial charge in [0.15, 0.2) is 0 Å². The molecule has 2 aliphatic heterocycles. The van der Waals surface area contributed by atoms with Crippen LogP contribution in [0.4, 0.5) is 11.4 Å². The van der Waals surface area contributed by atoms with Crippen molar-refractivity contribution in [2.24, 2.45) is 0 Å². The zero-order valence-electron chi connectivity index (χ0n) is 13.7. The van der Waals surface area contributed by atoms with Gasteiger partial charge in [-0.2, -0.15) is 11.8 Å². The number of amides is 2. The summed E-state index contributed by atoms with van der Waals surface area (Å²) in [7, 11) is 3.97. The van der Waals surface area contributed by atoms with Crippen molar-refractivity contribution < 1.29 is 9.59 Å². The van der Waals surface area contributed by atoms with Crippen LogP contribution < -0.4 is 10.2 Å². The fraction of sp³-hybridized carbons (Fsp3) is 0.529. The lowest BCUT2D eigenvalue weighted by Crippen LogP contribution is -2.65. The molecule has 5 nitrogen and oxygen atoms in total. The number of anilines is 2. The fourth-order valence-electron chi connectivity index (χ4n) is 3.19. The van der Waals surface area contributed by atoms with Gasteiger partial charge in [0.05, 0.1) is 0 Å². The van der Waals surface area contributed by atoms with Gasteiger partial charge in [-0.25, -0.2) is 0 Å². The Bertz CT molecular complexity index is 594. The first-order valence-corrected chi connectivity index (χ1v) is 9.15. The Morgan fingerprint density at radius 1 is 1.22 bits per heavy atom. The number of hydrogen-bond acceptors (Lipinski definition) is 4. The van der Waals surface area contributed by atoms with E-state index in [0.29, 0.717) is 13.0 Å². The van der Waals surface area contributed by atoms with Gasteiger partial charge in [0.25, 0.3) is 0 Å². The normalized spacial score (nSPS) is 19.9. The summed E-state index contributed by atoms with van der Waals surface area (Å²) in [6.07, 6.45) is 2.05. The van der Waals surface area contributed by atoms with Crippen molar-refractivity contribution in [1.82, 2.24) is 4.90 Å². The maximum Gasteiger partial charge on any atom is 0.250 e. The lowest BCUT2D eigenvalue weighted by atomic mass is 9.85. The van der Waals surface area contributed by atoms with Crippen LogP contribution in [0, 0.1) is 0 Å². The second kappa shape index (κ2) is 6.43. The third-order valence-corrected chi connectivity index (χ3v) is 5.74. The smallest absolute Gasteiger partial charge is 0.250 e. The number of β-lactam (4-membered cyclic amide) rings is 1. The van der Waals surface area contributed by atoms with Crippen molar-refractivity contribution in [3.05, 3.63) is 24.3 Å². The van der Waals surface area contributed by atoms with Gasteiger partial charge in [0.1, 0.15) is 5.54 Å². The Morgan fingerprint density at radius 2 is 1.87 bits per heavy atom.